The van der Waals surface area contributed by atoms with E-state index in [4.69, 9.17) is 14.2 Å². The fourth-order valence-corrected chi connectivity index (χ4v) is 3.55. The molecule has 27 heavy (non-hydrogen) atoms. The lowest BCUT2D eigenvalue weighted by atomic mass is 9.83. The van der Waals surface area contributed by atoms with Crippen LogP contribution in [0.3, 0.4) is 0 Å². The number of hydrogen-bond acceptors (Lipinski definition) is 7. The molecule has 0 saturated carbocycles. The van der Waals surface area contributed by atoms with E-state index < -0.39 is 42.3 Å². The third-order valence-electron chi connectivity index (χ3n) is 5.21. The van der Waals surface area contributed by atoms with Crippen molar-refractivity contribution in [1.82, 2.24) is 0 Å². The fraction of sp³-hybridized carbons (Fsp3) is 0.450. The maximum absolute atomic E-state index is 12.4. The minimum atomic E-state index is -1.16. The highest BCUT2D eigenvalue weighted by Gasteiger charge is 2.52. The van der Waals surface area contributed by atoms with E-state index in [0.717, 1.165) is 0 Å². The summed E-state index contributed by atoms with van der Waals surface area (Å²) >= 11 is 0. The predicted octanol–water partition coefficient (Wildman–Crippen LogP) is 1.53. The first-order chi connectivity index (χ1) is 12.7. The van der Waals surface area contributed by atoms with E-state index in [0.29, 0.717) is 11.3 Å². The zero-order chi connectivity index (χ0) is 19.9. The van der Waals surface area contributed by atoms with Crippen LogP contribution in [0.25, 0.3) is 0 Å². The summed E-state index contributed by atoms with van der Waals surface area (Å²) in [6, 6.07) is 0. The second kappa shape index (κ2) is 6.81. The molecular formula is C20H22O7. The van der Waals surface area contributed by atoms with Crippen LogP contribution in [0.4, 0.5) is 0 Å². The maximum Gasteiger partial charge on any atom is 0.336 e. The van der Waals surface area contributed by atoms with Gasteiger partial charge in [0.05, 0.1) is 18.1 Å². The van der Waals surface area contributed by atoms with Gasteiger partial charge in [-0.3, -0.25) is 4.79 Å². The van der Waals surface area contributed by atoms with E-state index in [1.807, 2.05) is 0 Å². The minimum absolute atomic E-state index is 0.104. The van der Waals surface area contributed by atoms with Gasteiger partial charge in [-0.1, -0.05) is 12.7 Å². The molecule has 0 unspecified atom stereocenters. The minimum Gasteiger partial charge on any atom is -0.479 e. The van der Waals surface area contributed by atoms with Crippen LogP contribution in [0.5, 0.6) is 0 Å². The van der Waals surface area contributed by atoms with Gasteiger partial charge in [-0.25, -0.2) is 9.59 Å². The summed E-state index contributed by atoms with van der Waals surface area (Å²) in [5.74, 6) is -1.74. The Kier molecular flexibility index (Phi) is 4.82. The van der Waals surface area contributed by atoms with Gasteiger partial charge in [0.1, 0.15) is 18.0 Å². The summed E-state index contributed by atoms with van der Waals surface area (Å²) in [4.78, 5) is 36.9. The average Bonchev–Trinajstić information content (AvgIpc) is 3.05. The molecule has 144 valence electrons. The lowest BCUT2D eigenvalue weighted by Crippen LogP contribution is -2.41. The highest BCUT2D eigenvalue weighted by Crippen LogP contribution is 2.42. The van der Waals surface area contributed by atoms with Gasteiger partial charge in [0.25, 0.3) is 0 Å². The molecule has 2 bridgehead atoms. The number of aliphatic hydroxyl groups is 1. The smallest absolute Gasteiger partial charge is 0.336 e. The Bertz CT molecular complexity index is 816. The number of carbonyl (C=O) groups excluding carboxylic acids is 3. The number of fused-ring (bicyclic) bond motifs is 3. The second-order valence-electron chi connectivity index (χ2n) is 7.10. The molecule has 0 radical (unpaired) electrons. The van der Waals surface area contributed by atoms with Gasteiger partial charge in [-0.15, -0.1) is 0 Å². The molecule has 4 atom stereocenters. The lowest BCUT2D eigenvalue weighted by molar-refractivity contribution is -0.148. The van der Waals surface area contributed by atoms with Crippen LogP contribution in [0.2, 0.25) is 0 Å². The maximum atomic E-state index is 12.4. The molecular weight excluding hydrogens is 352 g/mol. The second-order valence-corrected chi connectivity index (χ2v) is 7.10. The highest BCUT2D eigenvalue weighted by molar-refractivity contribution is 6.00. The van der Waals surface area contributed by atoms with Crippen molar-refractivity contribution in [3.8, 4) is 0 Å². The van der Waals surface area contributed by atoms with Gasteiger partial charge < -0.3 is 19.3 Å². The quantitative estimate of drug-likeness (QED) is 0.591. The van der Waals surface area contributed by atoms with Gasteiger partial charge >= 0.3 is 11.9 Å². The summed E-state index contributed by atoms with van der Waals surface area (Å²) in [7, 11) is 0. The van der Waals surface area contributed by atoms with Gasteiger partial charge in [-0.2, -0.15) is 0 Å². The Balaban J connectivity index is 2.04. The van der Waals surface area contributed by atoms with E-state index in [1.165, 1.54) is 12.2 Å². The zero-order valence-electron chi connectivity index (χ0n) is 15.5. The number of rotatable bonds is 3. The van der Waals surface area contributed by atoms with Crippen molar-refractivity contribution < 1.29 is 33.7 Å². The first-order valence-corrected chi connectivity index (χ1v) is 8.71. The standard InChI is InChI=1S/C20H22O7/c1-5-12(9-21)19(24)25-14-6-10(2)13-7-16(22)20(4,27-13)8-15-17(14)11(3)18(23)26-15/h5-7,14-15,17,21H,3,8-9H2,1-2,4H3/b10-6-,12-5+/t14-,15+,17+,20-/m1/s1. The van der Waals surface area contributed by atoms with Gasteiger partial charge in [0.15, 0.2) is 5.60 Å². The first-order valence-electron chi connectivity index (χ1n) is 8.71. The van der Waals surface area contributed by atoms with E-state index in [2.05, 4.69) is 6.58 Å². The number of aliphatic hydroxyl groups excluding tert-OH is 1. The van der Waals surface area contributed by atoms with E-state index >= 15 is 0 Å². The fourth-order valence-electron chi connectivity index (χ4n) is 3.55. The number of esters is 2. The van der Waals surface area contributed by atoms with Crippen molar-refractivity contribution in [2.45, 2.75) is 45.0 Å². The summed E-state index contributed by atoms with van der Waals surface area (Å²) in [5.41, 5.74) is -0.275. The average molecular weight is 374 g/mol. The Labute approximate surface area is 157 Å². The van der Waals surface area contributed by atoms with Crippen molar-refractivity contribution in [1.29, 1.82) is 0 Å². The van der Waals surface area contributed by atoms with Crippen LogP contribution < -0.4 is 0 Å². The van der Waals surface area contributed by atoms with Crippen LogP contribution in [0, 0.1) is 5.92 Å². The summed E-state index contributed by atoms with van der Waals surface area (Å²) in [6.07, 6.45) is 3.03. The van der Waals surface area contributed by atoms with E-state index in [1.54, 1.807) is 26.8 Å². The topological polar surface area (TPSA) is 99.1 Å². The van der Waals surface area contributed by atoms with Crippen LogP contribution in [0.1, 0.15) is 27.2 Å². The van der Waals surface area contributed by atoms with Crippen molar-refractivity contribution in [3.63, 3.8) is 0 Å². The number of ketones is 1. The number of hydrogen-bond donors (Lipinski definition) is 1. The molecule has 0 spiro atoms. The molecule has 0 aromatic rings. The van der Waals surface area contributed by atoms with Crippen molar-refractivity contribution in [2.24, 2.45) is 5.92 Å². The highest BCUT2D eigenvalue weighted by atomic mass is 16.6. The van der Waals surface area contributed by atoms with Crippen molar-refractivity contribution in [2.75, 3.05) is 6.61 Å². The third kappa shape index (κ3) is 3.23. The first kappa shape index (κ1) is 19.1. The number of carbonyl (C=O) groups is 3. The van der Waals surface area contributed by atoms with E-state index in [9.17, 15) is 19.5 Å². The third-order valence-corrected chi connectivity index (χ3v) is 5.21. The van der Waals surface area contributed by atoms with E-state index in [-0.39, 0.29) is 23.4 Å². The number of allylic oxidation sites excluding steroid dienone is 2. The lowest BCUT2D eigenvalue weighted by Gasteiger charge is -2.29. The molecule has 0 aliphatic carbocycles. The molecule has 0 aromatic heterocycles. The Morgan fingerprint density at radius 3 is 2.81 bits per heavy atom. The monoisotopic (exact) mass is 374 g/mol. The van der Waals surface area contributed by atoms with Gasteiger partial charge in [0, 0.05) is 18.1 Å². The molecule has 7 nitrogen and oxygen atoms in total. The van der Waals surface area contributed by atoms with Crippen LogP contribution >= 0.6 is 0 Å². The predicted molar refractivity (Wildman–Crippen MR) is 94.2 cm³/mol. The Hall–Kier alpha value is -2.67. The molecule has 0 amide bonds. The van der Waals surface area contributed by atoms with Gasteiger partial charge in [0.2, 0.25) is 5.78 Å². The molecule has 3 rings (SSSR count). The normalized spacial score (nSPS) is 35.0. The molecule has 3 aliphatic rings. The van der Waals surface area contributed by atoms with Crippen LogP contribution in [0.15, 0.2) is 47.3 Å². The van der Waals surface area contributed by atoms with Gasteiger partial charge in [-0.05, 0) is 32.4 Å². The zero-order valence-corrected chi connectivity index (χ0v) is 15.5. The summed E-state index contributed by atoms with van der Waals surface area (Å²) < 4.78 is 16.9. The SMILES string of the molecule is C=C1C(=O)O[C@H]2C[C@@]3(C)OC(=CC3=O)/C(C)=C\[C@@H](OC(=O)/C(=C/C)CO)[C@H]12. The summed E-state index contributed by atoms with van der Waals surface area (Å²) in [6.45, 7) is 8.33. The van der Waals surface area contributed by atoms with Crippen molar-refractivity contribution in [3.05, 3.63) is 47.3 Å². The molecule has 1 N–H and O–H groups in total. The van der Waals surface area contributed by atoms with Crippen LogP contribution in [-0.4, -0.2) is 47.2 Å². The molecule has 3 heterocycles. The number of ether oxygens (including phenoxy) is 3. The molecule has 3 aliphatic heterocycles. The molecule has 1 saturated heterocycles. The summed E-state index contributed by atoms with van der Waals surface area (Å²) in [5, 5.41) is 9.31. The molecule has 1 fully saturated rings. The molecule has 7 heteroatoms. The Morgan fingerprint density at radius 1 is 1.48 bits per heavy atom. The molecule has 0 aromatic carbocycles. The Morgan fingerprint density at radius 2 is 2.19 bits per heavy atom. The largest absolute Gasteiger partial charge is 0.479 e. The van der Waals surface area contributed by atoms with Crippen LogP contribution in [-0.2, 0) is 28.6 Å². The van der Waals surface area contributed by atoms with Crippen molar-refractivity contribution >= 4 is 17.7 Å².